The lowest BCUT2D eigenvalue weighted by atomic mass is 10.2. The maximum Gasteiger partial charge on any atom is 0.327 e. The van der Waals surface area contributed by atoms with Crippen LogP contribution in [0.15, 0.2) is 12.4 Å². The Bertz CT molecular complexity index is 441. The number of carboxylic acid groups (broad SMARTS) is 1. The number of nitrogens with one attached hydrogen (secondary N) is 1. The molecule has 0 radical (unpaired) electrons. The van der Waals surface area contributed by atoms with Crippen LogP contribution in [0.5, 0.6) is 5.88 Å². The van der Waals surface area contributed by atoms with Gasteiger partial charge in [-0.3, -0.25) is 4.98 Å². The van der Waals surface area contributed by atoms with Gasteiger partial charge in [0.15, 0.2) is 5.82 Å². The van der Waals surface area contributed by atoms with Crippen LogP contribution in [0.4, 0.5) is 5.82 Å². The fraction of sp³-hybridized carbons (Fsp3) is 0.583. The van der Waals surface area contributed by atoms with Crippen LogP contribution >= 0.6 is 0 Å². The molecule has 1 aromatic rings. The fourth-order valence-electron chi connectivity index (χ4n) is 1.95. The standard InChI is InChI=1S/C12H18N4O3/c1-2-5-19-11-8-14-7-10(15-11)16-4-3-13-6-9(16)12(17)18/h7-9,13H,2-6H2,1H3,(H,17,18). The van der Waals surface area contributed by atoms with Crippen molar-refractivity contribution in [1.82, 2.24) is 15.3 Å². The third kappa shape index (κ3) is 3.31. The number of hydrogen-bond donors (Lipinski definition) is 2. The number of aliphatic carboxylic acids is 1. The van der Waals surface area contributed by atoms with Gasteiger partial charge in [-0.05, 0) is 6.42 Å². The normalized spacial score (nSPS) is 19.2. The zero-order valence-electron chi connectivity index (χ0n) is 10.9. The lowest BCUT2D eigenvalue weighted by Gasteiger charge is -2.34. The van der Waals surface area contributed by atoms with E-state index in [1.807, 2.05) is 6.92 Å². The quantitative estimate of drug-likeness (QED) is 0.783. The molecule has 19 heavy (non-hydrogen) atoms. The van der Waals surface area contributed by atoms with E-state index in [2.05, 4.69) is 15.3 Å². The zero-order chi connectivity index (χ0) is 13.7. The van der Waals surface area contributed by atoms with Crippen molar-refractivity contribution in [1.29, 1.82) is 0 Å². The molecule has 1 fully saturated rings. The minimum absolute atomic E-state index is 0.400. The fourth-order valence-corrected chi connectivity index (χ4v) is 1.95. The minimum Gasteiger partial charge on any atom is -0.480 e. The second-order valence-electron chi connectivity index (χ2n) is 4.32. The van der Waals surface area contributed by atoms with Crippen molar-refractivity contribution < 1.29 is 14.6 Å². The Balaban J connectivity index is 2.16. The number of rotatable bonds is 5. The zero-order valence-corrected chi connectivity index (χ0v) is 10.9. The summed E-state index contributed by atoms with van der Waals surface area (Å²) >= 11 is 0. The number of nitrogens with zero attached hydrogens (tertiary/aromatic N) is 3. The third-order valence-electron chi connectivity index (χ3n) is 2.88. The van der Waals surface area contributed by atoms with Crippen LogP contribution < -0.4 is 15.0 Å². The van der Waals surface area contributed by atoms with Crippen LogP contribution in [-0.4, -0.2) is 53.3 Å². The molecule has 1 aliphatic rings. The molecule has 0 spiro atoms. The second-order valence-corrected chi connectivity index (χ2v) is 4.32. The molecule has 2 rings (SSSR count). The summed E-state index contributed by atoms with van der Waals surface area (Å²) in [5, 5.41) is 12.3. The molecule has 1 aromatic heterocycles. The maximum absolute atomic E-state index is 11.2. The maximum atomic E-state index is 11.2. The van der Waals surface area contributed by atoms with Crippen molar-refractivity contribution in [2.24, 2.45) is 0 Å². The molecule has 0 aromatic carbocycles. The number of aromatic nitrogens is 2. The van der Waals surface area contributed by atoms with E-state index in [-0.39, 0.29) is 0 Å². The van der Waals surface area contributed by atoms with Crippen LogP contribution in [0, 0.1) is 0 Å². The molecule has 0 saturated carbocycles. The molecule has 0 aliphatic carbocycles. The molecule has 7 heteroatoms. The lowest BCUT2D eigenvalue weighted by molar-refractivity contribution is -0.138. The Morgan fingerprint density at radius 3 is 3.21 bits per heavy atom. The number of piperazine rings is 1. The molecule has 1 saturated heterocycles. The van der Waals surface area contributed by atoms with Gasteiger partial charge in [0.25, 0.3) is 0 Å². The topological polar surface area (TPSA) is 87.6 Å². The van der Waals surface area contributed by atoms with Gasteiger partial charge in [0.1, 0.15) is 6.04 Å². The molecule has 0 bridgehead atoms. The van der Waals surface area contributed by atoms with Crippen molar-refractivity contribution >= 4 is 11.8 Å². The van der Waals surface area contributed by atoms with Gasteiger partial charge in [-0.15, -0.1) is 0 Å². The van der Waals surface area contributed by atoms with Gasteiger partial charge in [-0.1, -0.05) is 6.92 Å². The van der Waals surface area contributed by atoms with E-state index in [1.54, 1.807) is 11.1 Å². The highest BCUT2D eigenvalue weighted by atomic mass is 16.5. The van der Waals surface area contributed by atoms with E-state index in [1.165, 1.54) is 6.20 Å². The Morgan fingerprint density at radius 1 is 1.63 bits per heavy atom. The number of hydrogen-bond acceptors (Lipinski definition) is 6. The molecule has 1 atom stereocenters. The van der Waals surface area contributed by atoms with Crippen molar-refractivity contribution in [3.05, 3.63) is 12.4 Å². The van der Waals surface area contributed by atoms with Crippen LogP contribution in [-0.2, 0) is 4.79 Å². The summed E-state index contributed by atoms with van der Waals surface area (Å²) in [6.07, 6.45) is 3.99. The van der Waals surface area contributed by atoms with Crippen LogP contribution in [0.2, 0.25) is 0 Å². The molecule has 7 nitrogen and oxygen atoms in total. The SMILES string of the molecule is CCCOc1cncc(N2CCNCC2C(=O)O)n1. The van der Waals surface area contributed by atoms with Crippen LogP contribution in [0.25, 0.3) is 0 Å². The first-order valence-electron chi connectivity index (χ1n) is 6.37. The van der Waals surface area contributed by atoms with Crippen molar-refractivity contribution in [2.45, 2.75) is 19.4 Å². The van der Waals surface area contributed by atoms with Gasteiger partial charge >= 0.3 is 5.97 Å². The average molecular weight is 266 g/mol. The van der Waals surface area contributed by atoms with Gasteiger partial charge in [-0.25, -0.2) is 4.79 Å². The number of anilines is 1. The number of ether oxygens (including phenoxy) is 1. The Hall–Kier alpha value is -1.89. The number of carbonyl (C=O) groups is 1. The van der Waals surface area contributed by atoms with E-state index < -0.39 is 12.0 Å². The molecule has 0 amide bonds. The first-order chi connectivity index (χ1) is 9.22. The van der Waals surface area contributed by atoms with Gasteiger partial charge in [0.2, 0.25) is 5.88 Å². The van der Waals surface area contributed by atoms with Crippen molar-refractivity contribution in [3.8, 4) is 5.88 Å². The minimum atomic E-state index is -0.867. The lowest BCUT2D eigenvalue weighted by Crippen LogP contribution is -2.55. The van der Waals surface area contributed by atoms with Crippen LogP contribution in [0.3, 0.4) is 0 Å². The van der Waals surface area contributed by atoms with E-state index in [0.29, 0.717) is 31.4 Å². The Labute approximate surface area is 111 Å². The van der Waals surface area contributed by atoms with E-state index in [0.717, 1.165) is 13.0 Å². The molecule has 2 heterocycles. The predicted molar refractivity (Wildman–Crippen MR) is 69.5 cm³/mol. The largest absolute Gasteiger partial charge is 0.480 e. The van der Waals surface area contributed by atoms with Crippen molar-refractivity contribution in [3.63, 3.8) is 0 Å². The summed E-state index contributed by atoms with van der Waals surface area (Å²) < 4.78 is 5.42. The third-order valence-corrected chi connectivity index (χ3v) is 2.88. The van der Waals surface area contributed by atoms with Gasteiger partial charge in [-0.2, -0.15) is 4.98 Å². The number of carboxylic acids is 1. The summed E-state index contributed by atoms with van der Waals surface area (Å²) in [6.45, 7) is 4.29. The molecule has 1 aliphatic heterocycles. The summed E-state index contributed by atoms with van der Waals surface area (Å²) in [5.41, 5.74) is 0. The van der Waals surface area contributed by atoms with Crippen LogP contribution in [0.1, 0.15) is 13.3 Å². The predicted octanol–water partition coefficient (Wildman–Crippen LogP) is 0.128. The summed E-state index contributed by atoms with van der Waals surface area (Å²) in [6, 6.07) is -0.621. The Morgan fingerprint density at radius 2 is 2.47 bits per heavy atom. The van der Waals surface area contributed by atoms with E-state index in [4.69, 9.17) is 4.74 Å². The van der Waals surface area contributed by atoms with E-state index >= 15 is 0 Å². The molecule has 2 N–H and O–H groups in total. The summed E-state index contributed by atoms with van der Waals surface area (Å²) in [5.74, 6) is 0.110. The average Bonchev–Trinajstić information content (AvgIpc) is 2.45. The molecule has 1 unspecified atom stereocenters. The molecular weight excluding hydrogens is 248 g/mol. The summed E-state index contributed by atoms with van der Waals surface area (Å²) in [4.78, 5) is 21.4. The first-order valence-corrected chi connectivity index (χ1v) is 6.37. The molecule has 104 valence electrons. The highest BCUT2D eigenvalue weighted by Gasteiger charge is 2.29. The highest BCUT2D eigenvalue weighted by molar-refractivity contribution is 5.78. The van der Waals surface area contributed by atoms with Gasteiger partial charge < -0.3 is 20.1 Å². The highest BCUT2D eigenvalue weighted by Crippen LogP contribution is 2.18. The van der Waals surface area contributed by atoms with Gasteiger partial charge in [0.05, 0.1) is 19.0 Å². The first kappa shape index (κ1) is 13.5. The van der Waals surface area contributed by atoms with Crippen molar-refractivity contribution in [2.75, 3.05) is 31.1 Å². The Kier molecular flexibility index (Phi) is 4.51. The monoisotopic (exact) mass is 266 g/mol. The van der Waals surface area contributed by atoms with E-state index in [9.17, 15) is 9.90 Å². The smallest absolute Gasteiger partial charge is 0.327 e. The van der Waals surface area contributed by atoms with Gasteiger partial charge in [0, 0.05) is 19.6 Å². The second kappa shape index (κ2) is 6.33. The molecular formula is C12H18N4O3. The summed E-state index contributed by atoms with van der Waals surface area (Å²) in [7, 11) is 0.